The van der Waals surface area contributed by atoms with Crippen molar-refractivity contribution in [2.45, 2.75) is 31.7 Å². The highest BCUT2D eigenvalue weighted by molar-refractivity contribution is 5.85. The van der Waals surface area contributed by atoms with Gasteiger partial charge in [-0.2, -0.15) is 0 Å². The second-order valence-electron chi connectivity index (χ2n) is 5.73. The molecule has 0 bridgehead atoms. The third-order valence-electron chi connectivity index (χ3n) is 3.75. The van der Waals surface area contributed by atoms with Crippen molar-refractivity contribution < 1.29 is 37.3 Å². The maximum Gasteiger partial charge on any atom is 0.573 e. The Morgan fingerprint density at radius 3 is 2.76 bits per heavy atom. The van der Waals surface area contributed by atoms with E-state index in [1.807, 2.05) is 0 Å². The molecule has 1 heterocycles. The first kappa shape index (κ1) is 19.0. The summed E-state index contributed by atoms with van der Waals surface area (Å²) in [5, 5.41) is 11.7. The minimum atomic E-state index is -4.82. The fraction of sp³-hybridized carbons (Fsp3) is 0.500. The summed E-state index contributed by atoms with van der Waals surface area (Å²) in [6.45, 7) is 0.801. The van der Waals surface area contributed by atoms with E-state index in [9.17, 15) is 27.9 Å². The lowest BCUT2D eigenvalue weighted by atomic mass is 9.93. The van der Waals surface area contributed by atoms with Crippen molar-refractivity contribution in [3.8, 4) is 5.75 Å². The number of hydrogen-bond donors (Lipinski definition) is 2. The monoisotopic (exact) mass is 361 g/mol. The van der Waals surface area contributed by atoms with Crippen molar-refractivity contribution in [1.82, 2.24) is 5.32 Å². The number of halogens is 3. The largest absolute Gasteiger partial charge is 0.573 e. The summed E-state index contributed by atoms with van der Waals surface area (Å²) >= 11 is 0. The lowest BCUT2D eigenvalue weighted by Gasteiger charge is -2.28. The molecule has 0 spiro atoms. The first-order valence-corrected chi connectivity index (χ1v) is 7.69. The summed E-state index contributed by atoms with van der Waals surface area (Å²) in [5.41, 5.74) is 0.281. The molecule has 25 heavy (non-hydrogen) atoms. The lowest BCUT2D eigenvalue weighted by Crippen LogP contribution is -2.48. The van der Waals surface area contributed by atoms with Gasteiger partial charge in [-0.25, -0.2) is 4.79 Å². The van der Waals surface area contributed by atoms with Crippen molar-refractivity contribution >= 4 is 11.9 Å². The molecule has 138 valence electrons. The molecule has 2 atom stereocenters. The van der Waals surface area contributed by atoms with E-state index in [-0.39, 0.29) is 24.5 Å². The van der Waals surface area contributed by atoms with Crippen molar-refractivity contribution in [3.63, 3.8) is 0 Å². The molecule has 1 aromatic carbocycles. The molecule has 1 fully saturated rings. The first-order valence-electron chi connectivity index (χ1n) is 7.69. The Kier molecular flexibility index (Phi) is 6.24. The number of ether oxygens (including phenoxy) is 2. The summed E-state index contributed by atoms with van der Waals surface area (Å²) in [4.78, 5) is 23.5. The molecule has 1 aliphatic rings. The van der Waals surface area contributed by atoms with Crippen LogP contribution in [-0.2, 0) is 20.7 Å². The lowest BCUT2D eigenvalue weighted by molar-refractivity contribution is -0.274. The van der Waals surface area contributed by atoms with Crippen LogP contribution in [0.2, 0.25) is 0 Å². The van der Waals surface area contributed by atoms with Gasteiger partial charge in [0.25, 0.3) is 0 Å². The molecule has 1 amide bonds. The summed E-state index contributed by atoms with van der Waals surface area (Å²) in [6.07, 6.45) is -3.75. The number of nitrogens with one attached hydrogen (secondary N) is 1. The van der Waals surface area contributed by atoms with Gasteiger partial charge >= 0.3 is 12.3 Å². The van der Waals surface area contributed by atoms with Crippen molar-refractivity contribution in [2.24, 2.45) is 5.92 Å². The third kappa shape index (κ3) is 6.26. The van der Waals surface area contributed by atoms with Gasteiger partial charge in [0.05, 0.1) is 13.0 Å². The SMILES string of the molecule is O=C(Cc1cccc(OC(F)(F)F)c1)NC(C(=O)O)C1CCCOC1. The van der Waals surface area contributed by atoms with Gasteiger partial charge < -0.3 is 19.9 Å². The second-order valence-corrected chi connectivity index (χ2v) is 5.73. The number of aliphatic carboxylic acids is 1. The molecule has 9 heteroatoms. The Hall–Kier alpha value is -2.29. The van der Waals surface area contributed by atoms with Crippen LogP contribution in [0.5, 0.6) is 5.75 Å². The van der Waals surface area contributed by atoms with Gasteiger partial charge in [0.15, 0.2) is 0 Å². The second kappa shape index (κ2) is 8.19. The molecular weight excluding hydrogens is 343 g/mol. The molecular formula is C16H18F3NO5. The topological polar surface area (TPSA) is 84.9 Å². The first-order chi connectivity index (χ1) is 11.7. The molecule has 0 saturated carbocycles. The molecule has 1 saturated heterocycles. The van der Waals surface area contributed by atoms with Gasteiger partial charge in [-0.3, -0.25) is 4.79 Å². The fourth-order valence-electron chi connectivity index (χ4n) is 2.67. The van der Waals surface area contributed by atoms with Gasteiger partial charge in [0.2, 0.25) is 5.91 Å². The highest BCUT2D eigenvalue weighted by Gasteiger charge is 2.32. The molecule has 2 unspecified atom stereocenters. The molecule has 1 aliphatic heterocycles. The number of carboxylic acids is 1. The van der Waals surface area contributed by atoms with E-state index in [0.717, 1.165) is 12.1 Å². The van der Waals surface area contributed by atoms with Crippen LogP contribution in [0.1, 0.15) is 18.4 Å². The van der Waals surface area contributed by atoms with Crippen LogP contribution in [-0.4, -0.2) is 42.6 Å². The fourth-order valence-corrected chi connectivity index (χ4v) is 2.67. The standard InChI is InChI=1S/C16H18F3NO5/c17-16(18,19)25-12-5-1-3-10(7-12)8-13(21)20-14(15(22)23)11-4-2-6-24-9-11/h1,3,5,7,11,14H,2,4,6,8-9H2,(H,20,21)(H,22,23). The van der Waals surface area contributed by atoms with Gasteiger partial charge in [0, 0.05) is 12.5 Å². The maximum absolute atomic E-state index is 12.2. The Labute approximate surface area is 141 Å². The minimum Gasteiger partial charge on any atom is -0.480 e. The van der Waals surface area contributed by atoms with Crippen molar-refractivity contribution in [1.29, 1.82) is 0 Å². The van der Waals surface area contributed by atoms with Crippen LogP contribution in [0.3, 0.4) is 0 Å². The normalized spacial score (nSPS) is 19.1. The highest BCUT2D eigenvalue weighted by atomic mass is 19.4. The van der Waals surface area contributed by atoms with Gasteiger partial charge in [0.1, 0.15) is 11.8 Å². The summed E-state index contributed by atoms with van der Waals surface area (Å²) in [6, 6.07) is 3.90. The Morgan fingerprint density at radius 2 is 2.16 bits per heavy atom. The van der Waals surface area contributed by atoms with E-state index in [1.54, 1.807) is 0 Å². The Morgan fingerprint density at radius 1 is 1.40 bits per heavy atom. The predicted molar refractivity (Wildman–Crippen MR) is 79.9 cm³/mol. The molecule has 6 nitrogen and oxygen atoms in total. The smallest absolute Gasteiger partial charge is 0.480 e. The van der Waals surface area contributed by atoms with Crippen molar-refractivity contribution in [2.75, 3.05) is 13.2 Å². The third-order valence-corrected chi connectivity index (χ3v) is 3.75. The van der Waals surface area contributed by atoms with Gasteiger partial charge in [-0.05, 0) is 30.5 Å². The summed E-state index contributed by atoms with van der Waals surface area (Å²) in [5.74, 6) is -2.54. The zero-order valence-corrected chi connectivity index (χ0v) is 13.2. The number of benzene rings is 1. The molecule has 1 aromatic rings. The number of amides is 1. The van der Waals surface area contributed by atoms with Crippen LogP contribution in [0.4, 0.5) is 13.2 Å². The van der Waals surface area contributed by atoms with Crippen LogP contribution < -0.4 is 10.1 Å². The number of rotatable bonds is 6. The highest BCUT2D eigenvalue weighted by Crippen LogP contribution is 2.23. The zero-order valence-electron chi connectivity index (χ0n) is 13.2. The molecule has 2 rings (SSSR count). The number of carboxylic acid groups (broad SMARTS) is 1. The van der Waals surface area contributed by atoms with E-state index in [1.165, 1.54) is 12.1 Å². The van der Waals surface area contributed by atoms with Crippen molar-refractivity contribution in [3.05, 3.63) is 29.8 Å². The van der Waals surface area contributed by atoms with Crippen LogP contribution in [0, 0.1) is 5.92 Å². The number of alkyl halides is 3. The summed E-state index contributed by atoms with van der Waals surface area (Å²) < 4.78 is 45.7. The van der Waals surface area contributed by atoms with Crippen LogP contribution in [0.25, 0.3) is 0 Å². The summed E-state index contributed by atoms with van der Waals surface area (Å²) in [7, 11) is 0. The van der Waals surface area contributed by atoms with E-state index >= 15 is 0 Å². The number of carbonyl (C=O) groups is 2. The quantitative estimate of drug-likeness (QED) is 0.811. The van der Waals surface area contributed by atoms with E-state index in [4.69, 9.17) is 4.74 Å². The van der Waals surface area contributed by atoms with Gasteiger partial charge in [-0.15, -0.1) is 13.2 Å². The van der Waals surface area contributed by atoms with E-state index in [2.05, 4.69) is 10.1 Å². The molecule has 0 aliphatic carbocycles. The zero-order chi connectivity index (χ0) is 18.4. The van der Waals surface area contributed by atoms with Crippen LogP contribution in [0.15, 0.2) is 24.3 Å². The minimum absolute atomic E-state index is 0.242. The predicted octanol–water partition coefficient (Wildman–Crippen LogP) is 2.12. The molecule has 2 N–H and O–H groups in total. The Bertz CT molecular complexity index is 614. The van der Waals surface area contributed by atoms with E-state index in [0.29, 0.717) is 19.4 Å². The number of hydrogen-bond acceptors (Lipinski definition) is 4. The van der Waals surface area contributed by atoms with Crippen LogP contribution >= 0.6 is 0 Å². The van der Waals surface area contributed by atoms with E-state index < -0.39 is 30.0 Å². The molecule has 0 aromatic heterocycles. The Balaban J connectivity index is 1.98. The number of carbonyl (C=O) groups excluding carboxylic acids is 1. The van der Waals surface area contributed by atoms with Gasteiger partial charge in [-0.1, -0.05) is 12.1 Å². The molecule has 0 radical (unpaired) electrons. The average Bonchev–Trinajstić information content (AvgIpc) is 2.52. The maximum atomic E-state index is 12.2. The average molecular weight is 361 g/mol.